The first-order valence-electron chi connectivity index (χ1n) is 5.92. The van der Waals surface area contributed by atoms with Crippen LogP contribution in [0.25, 0.3) is 10.8 Å². The first-order chi connectivity index (χ1) is 9.61. The summed E-state index contributed by atoms with van der Waals surface area (Å²) in [5.41, 5.74) is 6.06. The van der Waals surface area contributed by atoms with E-state index in [4.69, 9.17) is 5.73 Å². The zero-order valence-corrected chi connectivity index (χ0v) is 11.9. The van der Waals surface area contributed by atoms with Gasteiger partial charge in [0.2, 0.25) is 10.0 Å². The molecule has 0 spiro atoms. The van der Waals surface area contributed by atoms with Gasteiger partial charge in [0.25, 0.3) is 0 Å². The van der Waals surface area contributed by atoms with Gasteiger partial charge in [-0.2, -0.15) is 17.5 Å². The van der Waals surface area contributed by atoms with Crippen LogP contribution in [0.3, 0.4) is 0 Å². The van der Waals surface area contributed by atoms with Crippen molar-refractivity contribution in [2.45, 2.75) is 11.1 Å². The van der Waals surface area contributed by atoms with Crippen molar-refractivity contribution in [3.63, 3.8) is 0 Å². The first-order valence-corrected chi connectivity index (χ1v) is 7.36. The molecular weight excluding hydrogens is 305 g/mol. The minimum atomic E-state index is -4.60. The molecule has 0 atom stereocenters. The van der Waals surface area contributed by atoms with Crippen LogP contribution in [-0.2, 0) is 10.0 Å². The topological polar surface area (TPSA) is 63.4 Å². The predicted octanol–water partition coefficient (Wildman–Crippen LogP) is 2.60. The fraction of sp³-hybridized carbons (Fsp3) is 0.231. The Morgan fingerprint density at radius 3 is 2.48 bits per heavy atom. The molecule has 4 nitrogen and oxygen atoms in total. The molecule has 0 aromatic heterocycles. The summed E-state index contributed by atoms with van der Waals surface area (Å²) < 4.78 is 62.1. The third kappa shape index (κ3) is 3.27. The number of alkyl halides is 3. The lowest BCUT2D eigenvalue weighted by atomic mass is 10.1. The number of hydrogen-bond acceptors (Lipinski definition) is 3. The molecule has 8 heteroatoms. The molecule has 0 radical (unpaired) electrons. The first kappa shape index (κ1) is 15.6. The smallest absolute Gasteiger partial charge is 0.399 e. The molecule has 114 valence electrons. The van der Waals surface area contributed by atoms with Crippen LogP contribution in [0.1, 0.15) is 0 Å². The molecule has 0 fully saturated rings. The molecule has 0 aliphatic rings. The third-order valence-electron chi connectivity index (χ3n) is 2.95. The highest BCUT2D eigenvalue weighted by Gasteiger charge is 2.35. The van der Waals surface area contributed by atoms with Crippen LogP contribution in [0.2, 0.25) is 0 Å². The Labute approximate surface area is 120 Å². The number of rotatable bonds is 3. The summed E-state index contributed by atoms with van der Waals surface area (Å²) in [6, 6.07) is 8.95. The highest BCUT2D eigenvalue weighted by molar-refractivity contribution is 7.89. The number of halogens is 3. The molecule has 2 aromatic rings. The molecule has 0 unspecified atom stereocenters. The van der Waals surface area contributed by atoms with Crippen molar-refractivity contribution in [3.8, 4) is 0 Å². The van der Waals surface area contributed by atoms with Gasteiger partial charge in [-0.3, -0.25) is 0 Å². The van der Waals surface area contributed by atoms with Gasteiger partial charge < -0.3 is 5.73 Å². The quantitative estimate of drug-likeness (QED) is 0.885. The molecule has 2 aromatic carbocycles. The number of fused-ring (bicyclic) bond motifs is 1. The zero-order chi connectivity index (χ0) is 15.8. The van der Waals surface area contributed by atoms with Gasteiger partial charge in [0.1, 0.15) is 6.54 Å². The Morgan fingerprint density at radius 1 is 1.19 bits per heavy atom. The van der Waals surface area contributed by atoms with E-state index in [0.29, 0.717) is 16.5 Å². The summed E-state index contributed by atoms with van der Waals surface area (Å²) >= 11 is 0. The maximum atomic E-state index is 12.4. The molecule has 0 saturated carbocycles. The zero-order valence-electron chi connectivity index (χ0n) is 11.1. The van der Waals surface area contributed by atoms with E-state index in [2.05, 4.69) is 0 Å². The monoisotopic (exact) mass is 318 g/mol. The predicted molar refractivity (Wildman–Crippen MR) is 74.2 cm³/mol. The van der Waals surface area contributed by atoms with Gasteiger partial charge in [0.15, 0.2) is 0 Å². The molecule has 0 aliphatic heterocycles. The Kier molecular flexibility index (Phi) is 3.85. The normalized spacial score (nSPS) is 13.0. The lowest BCUT2D eigenvalue weighted by molar-refractivity contribution is -0.134. The molecule has 0 heterocycles. The third-order valence-corrected chi connectivity index (χ3v) is 4.82. The van der Waals surface area contributed by atoms with E-state index < -0.39 is 22.7 Å². The van der Waals surface area contributed by atoms with Crippen molar-refractivity contribution in [2.24, 2.45) is 0 Å². The van der Waals surface area contributed by atoms with E-state index >= 15 is 0 Å². The fourth-order valence-corrected chi connectivity index (χ4v) is 3.37. The summed E-state index contributed by atoms with van der Waals surface area (Å²) in [5, 5.41) is 0.886. The van der Waals surface area contributed by atoms with Crippen molar-refractivity contribution in [2.75, 3.05) is 19.3 Å². The van der Waals surface area contributed by atoms with Crippen molar-refractivity contribution in [1.29, 1.82) is 0 Å². The number of nitrogens with two attached hydrogens (primary N) is 1. The van der Waals surface area contributed by atoms with Crippen LogP contribution in [0.5, 0.6) is 0 Å². The Morgan fingerprint density at radius 2 is 1.86 bits per heavy atom. The molecule has 0 amide bonds. The standard InChI is InChI=1S/C13H13F3N2O2S/c1-18(8-13(14,15)16)21(19,20)12-4-2-3-9-7-10(17)5-6-11(9)12/h2-7H,8,17H2,1H3. The molecular formula is C13H13F3N2O2S. The van der Waals surface area contributed by atoms with Crippen LogP contribution in [0, 0.1) is 0 Å². The molecule has 0 bridgehead atoms. The maximum Gasteiger partial charge on any atom is 0.402 e. The molecule has 0 aliphatic carbocycles. The van der Waals surface area contributed by atoms with E-state index in [1.54, 1.807) is 12.1 Å². The largest absolute Gasteiger partial charge is 0.402 e. The lowest BCUT2D eigenvalue weighted by Crippen LogP contribution is -2.35. The van der Waals surface area contributed by atoms with E-state index in [1.165, 1.54) is 24.3 Å². The van der Waals surface area contributed by atoms with Gasteiger partial charge in [0.05, 0.1) is 4.90 Å². The van der Waals surface area contributed by atoms with Crippen LogP contribution in [0.15, 0.2) is 41.3 Å². The Bertz CT molecular complexity index is 773. The molecule has 0 saturated heterocycles. The van der Waals surface area contributed by atoms with Crippen molar-refractivity contribution < 1.29 is 21.6 Å². The van der Waals surface area contributed by atoms with Gasteiger partial charge in [-0.15, -0.1) is 0 Å². The maximum absolute atomic E-state index is 12.4. The molecule has 2 rings (SSSR count). The number of hydrogen-bond donors (Lipinski definition) is 1. The van der Waals surface area contributed by atoms with E-state index in [0.717, 1.165) is 7.05 Å². The number of sulfonamides is 1. The van der Waals surface area contributed by atoms with Gasteiger partial charge in [-0.25, -0.2) is 8.42 Å². The fourth-order valence-electron chi connectivity index (χ4n) is 2.00. The summed E-state index contributed by atoms with van der Waals surface area (Å²) in [7, 11) is -3.34. The second-order valence-electron chi connectivity index (χ2n) is 4.61. The minimum Gasteiger partial charge on any atom is -0.399 e. The second-order valence-corrected chi connectivity index (χ2v) is 6.63. The van der Waals surface area contributed by atoms with E-state index in [-0.39, 0.29) is 9.20 Å². The molecule has 2 N–H and O–H groups in total. The highest BCUT2D eigenvalue weighted by Crippen LogP contribution is 2.28. The summed E-state index contributed by atoms with van der Waals surface area (Å²) in [5.74, 6) is 0. The van der Waals surface area contributed by atoms with Gasteiger partial charge in [0, 0.05) is 18.1 Å². The van der Waals surface area contributed by atoms with Crippen molar-refractivity contribution in [3.05, 3.63) is 36.4 Å². The minimum absolute atomic E-state index is 0.174. The summed E-state index contributed by atoms with van der Waals surface area (Å²) in [6.07, 6.45) is -4.60. The summed E-state index contributed by atoms with van der Waals surface area (Å²) in [4.78, 5) is -0.174. The Balaban J connectivity index is 2.55. The number of nitrogens with zero attached hydrogens (tertiary/aromatic N) is 1. The van der Waals surface area contributed by atoms with E-state index in [9.17, 15) is 21.6 Å². The van der Waals surface area contributed by atoms with Gasteiger partial charge in [-0.1, -0.05) is 18.2 Å². The lowest BCUT2D eigenvalue weighted by Gasteiger charge is -2.19. The van der Waals surface area contributed by atoms with Gasteiger partial charge >= 0.3 is 6.18 Å². The second kappa shape index (κ2) is 5.19. The van der Waals surface area contributed by atoms with Crippen molar-refractivity contribution in [1.82, 2.24) is 4.31 Å². The summed E-state index contributed by atoms with van der Waals surface area (Å²) in [6.45, 7) is -1.54. The van der Waals surface area contributed by atoms with Crippen molar-refractivity contribution >= 4 is 26.5 Å². The Hall–Kier alpha value is -1.80. The van der Waals surface area contributed by atoms with Crippen LogP contribution in [-0.4, -0.2) is 32.5 Å². The van der Waals surface area contributed by atoms with Crippen LogP contribution in [0.4, 0.5) is 18.9 Å². The number of benzene rings is 2. The number of nitrogen functional groups attached to an aromatic ring is 1. The average Bonchev–Trinajstić information content (AvgIpc) is 2.35. The average molecular weight is 318 g/mol. The SMILES string of the molecule is CN(CC(F)(F)F)S(=O)(=O)c1cccc2cc(N)ccc12. The molecule has 21 heavy (non-hydrogen) atoms. The number of anilines is 1. The van der Waals surface area contributed by atoms with Gasteiger partial charge in [-0.05, 0) is 23.6 Å². The van der Waals surface area contributed by atoms with Crippen LogP contribution >= 0.6 is 0 Å². The van der Waals surface area contributed by atoms with Crippen LogP contribution < -0.4 is 5.73 Å². The highest BCUT2D eigenvalue weighted by atomic mass is 32.2. The van der Waals surface area contributed by atoms with E-state index in [1.807, 2.05) is 0 Å².